The Morgan fingerprint density at radius 2 is 1.91 bits per heavy atom. The van der Waals surface area contributed by atoms with Gasteiger partial charge in [-0.1, -0.05) is 0 Å². The van der Waals surface area contributed by atoms with Gasteiger partial charge in [0.15, 0.2) is 23.0 Å². The molecule has 32 heavy (non-hydrogen) atoms. The van der Waals surface area contributed by atoms with Crippen molar-refractivity contribution >= 4 is 17.0 Å². The first-order chi connectivity index (χ1) is 15.0. The van der Waals surface area contributed by atoms with Gasteiger partial charge in [0.1, 0.15) is 5.69 Å². The zero-order valence-corrected chi connectivity index (χ0v) is 17.6. The third-order valence-corrected chi connectivity index (χ3v) is 5.72. The maximum Gasteiger partial charge on any atom is 0.419 e. The van der Waals surface area contributed by atoms with Crippen molar-refractivity contribution in [3.8, 4) is 17.0 Å². The summed E-state index contributed by atoms with van der Waals surface area (Å²) < 4.78 is 69.3. The molecule has 0 aliphatic carbocycles. The van der Waals surface area contributed by atoms with Crippen molar-refractivity contribution < 1.29 is 27.1 Å². The Balaban J connectivity index is 1.81. The van der Waals surface area contributed by atoms with Crippen LogP contribution in [0.5, 0.6) is 5.75 Å². The van der Waals surface area contributed by atoms with Crippen molar-refractivity contribution in [1.82, 2.24) is 24.6 Å². The summed E-state index contributed by atoms with van der Waals surface area (Å²) >= 11 is 0. The summed E-state index contributed by atoms with van der Waals surface area (Å²) in [7, 11) is 5.49. The molecule has 1 fully saturated rings. The summed E-state index contributed by atoms with van der Waals surface area (Å²) in [5, 5.41) is 13.9. The molecule has 0 bridgehead atoms. The SMILES string of the molecule is CN(C)C1CCCN(c2ncc3c(-c4cc(C(F)(F)F)c(F)c(O)c4F)nn(C)c3n2)C1. The first kappa shape index (κ1) is 22.2. The minimum Gasteiger partial charge on any atom is -0.503 e. The van der Waals surface area contributed by atoms with E-state index in [4.69, 9.17) is 0 Å². The largest absolute Gasteiger partial charge is 0.503 e. The summed E-state index contributed by atoms with van der Waals surface area (Å²) in [6.07, 6.45) is -1.79. The Morgan fingerprint density at radius 1 is 1.19 bits per heavy atom. The van der Waals surface area contributed by atoms with E-state index >= 15 is 0 Å². The molecule has 1 aliphatic heterocycles. The Labute approximate surface area is 180 Å². The van der Waals surface area contributed by atoms with Crippen molar-refractivity contribution in [3.05, 3.63) is 29.5 Å². The van der Waals surface area contributed by atoms with Crippen LogP contribution >= 0.6 is 0 Å². The lowest BCUT2D eigenvalue weighted by Crippen LogP contribution is -2.45. The highest BCUT2D eigenvalue weighted by Crippen LogP contribution is 2.41. The van der Waals surface area contributed by atoms with Gasteiger partial charge in [0, 0.05) is 37.9 Å². The van der Waals surface area contributed by atoms with Crippen molar-refractivity contribution in [2.24, 2.45) is 7.05 Å². The number of aromatic nitrogens is 4. The fraction of sp³-hybridized carbons (Fsp3) is 0.450. The molecule has 1 aliphatic rings. The molecule has 3 aromatic rings. The Kier molecular flexibility index (Phi) is 5.43. The van der Waals surface area contributed by atoms with E-state index in [0.29, 0.717) is 24.6 Å². The Hall–Kier alpha value is -3.02. The van der Waals surface area contributed by atoms with Crippen molar-refractivity contribution in [3.63, 3.8) is 0 Å². The summed E-state index contributed by atoms with van der Waals surface area (Å²) in [5.41, 5.74) is -2.43. The van der Waals surface area contributed by atoms with Gasteiger partial charge in [-0.3, -0.25) is 0 Å². The van der Waals surface area contributed by atoms with Gasteiger partial charge < -0.3 is 14.9 Å². The summed E-state index contributed by atoms with van der Waals surface area (Å²) in [6, 6.07) is 0.620. The first-order valence-electron chi connectivity index (χ1n) is 9.88. The van der Waals surface area contributed by atoms with Gasteiger partial charge in [0.05, 0.1) is 10.9 Å². The number of phenolic OH excluding ortho intramolecular Hbond substituents is 1. The normalized spacial score (nSPS) is 17.5. The lowest BCUT2D eigenvalue weighted by molar-refractivity contribution is -0.140. The van der Waals surface area contributed by atoms with Crippen LogP contribution in [-0.2, 0) is 13.2 Å². The van der Waals surface area contributed by atoms with Gasteiger partial charge in [0.2, 0.25) is 5.95 Å². The number of fused-ring (bicyclic) bond motifs is 1. The number of piperidine rings is 1. The van der Waals surface area contributed by atoms with Crippen molar-refractivity contribution in [2.75, 3.05) is 32.1 Å². The number of hydrogen-bond donors (Lipinski definition) is 1. The smallest absolute Gasteiger partial charge is 0.419 e. The van der Waals surface area contributed by atoms with Crippen LogP contribution < -0.4 is 4.90 Å². The summed E-state index contributed by atoms with van der Waals surface area (Å²) in [6.45, 7) is 1.45. The van der Waals surface area contributed by atoms with E-state index in [1.165, 1.54) is 17.9 Å². The standard InChI is InChI=1S/C20H21F5N6O/c1-29(2)10-5-4-6-31(9-10)19-26-8-12-16(28-30(3)18(12)27-19)11-7-13(20(23,24)25)15(22)17(32)14(11)21/h7-8,10,32H,4-6,9H2,1-3H3. The second-order valence-electron chi connectivity index (χ2n) is 8.03. The number of phenols is 1. The number of alkyl halides is 3. The number of likely N-dealkylation sites (N-methyl/N-ethyl adjacent to an activating group) is 1. The zero-order chi connectivity index (χ0) is 23.4. The monoisotopic (exact) mass is 456 g/mol. The zero-order valence-electron chi connectivity index (χ0n) is 17.6. The van der Waals surface area contributed by atoms with E-state index in [-0.39, 0.29) is 16.7 Å². The molecule has 2 aromatic heterocycles. The number of aryl methyl sites for hydroxylation is 1. The van der Waals surface area contributed by atoms with Crippen LogP contribution in [0.1, 0.15) is 18.4 Å². The molecule has 1 N–H and O–H groups in total. The topological polar surface area (TPSA) is 70.3 Å². The van der Waals surface area contributed by atoms with Crippen molar-refractivity contribution in [1.29, 1.82) is 0 Å². The molecule has 4 rings (SSSR count). The number of aromatic hydroxyl groups is 1. The summed E-state index contributed by atoms with van der Waals surface area (Å²) in [5.74, 6) is -4.89. The molecular formula is C20H21F5N6O. The Morgan fingerprint density at radius 3 is 2.56 bits per heavy atom. The third-order valence-electron chi connectivity index (χ3n) is 5.72. The lowest BCUT2D eigenvalue weighted by atomic mass is 10.0. The number of rotatable bonds is 3. The van der Waals surface area contributed by atoms with E-state index < -0.39 is 34.7 Å². The number of anilines is 1. The predicted octanol–water partition coefficient (Wildman–Crippen LogP) is 3.56. The maximum atomic E-state index is 14.6. The van der Waals surface area contributed by atoms with Gasteiger partial charge in [0.25, 0.3) is 0 Å². The maximum absolute atomic E-state index is 14.6. The molecule has 0 radical (unpaired) electrons. The highest BCUT2D eigenvalue weighted by molar-refractivity contribution is 5.91. The minimum absolute atomic E-state index is 0.176. The van der Waals surface area contributed by atoms with Gasteiger partial charge in [-0.05, 0) is 33.0 Å². The van der Waals surface area contributed by atoms with Crippen LogP contribution in [0.2, 0.25) is 0 Å². The van der Waals surface area contributed by atoms with Crippen LogP contribution in [0.4, 0.5) is 27.9 Å². The average Bonchev–Trinajstić information content (AvgIpc) is 3.07. The van der Waals surface area contributed by atoms with Crippen LogP contribution in [0.25, 0.3) is 22.3 Å². The van der Waals surface area contributed by atoms with Gasteiger partial charge in [-0.2, -0.15) is 23.3 Å². The fourth-order valence-corrected chi connectivity index (χ4v) is 3.94. The lowest BCUT2D eigenvalue weighted by Gasteiger charge is -2.36. The van der Waals surface area contributed by atoms with Crippen LogP contribution in [0.3, 0.4) is 0 Å². The average molecular weight is 456 g/mol. The molecule has 1 saturated heterocycles. The summed E-state index contributed by atoms with van der Waals surface area (Å²) in [4.78, 5) is 12.9. The molecule has 1 aromatic carbocycles. The van der Waals surface area contributed by atoms with E-state index in [1.54, 1.807) is 0 Å². The molecule has 0 spiro atoms. The van der Waals surface area contributed by atoms with Gasteiger partial charge >= 0.3 is 6.18 Å². The van der Waals surface area contributed by atoms with E-state index in [2.05, 4.69) is 20.0 Å². The molecular weight excluding hydrogens is 435 g/mol. The van der Waals surface area contributed by atoms with Gasteiger partial charge in [-0.15, -0.1) is 0 Å². The fourth-order valence-electron chi connectivity index (χ4n) is 3.94. The number of benzene rings is 1. The highest BCUT2D eigenvalue weighted by atomic mass is 19.4. The highest BCUT2D eigenvalue weighted by Gasteiger charge is 2.38. The molecule has 7 nitrogen and oxygen atoms in total. The molecule has 0 amide bonds. The van der Waals surface area contributed by atoms with Crippen LogP contribution in [0.15, 0.2) is 12.3 Å². The number of halogens is 5. The quantitative estimate of drug-likeness (QED) is 0.608. The molecule has 12 heteroatoms. The molecule has 1 atom stereocenters. The molecule has 0 saturated carbocycles. The molecule has 172 valence electrons. The first-order valence-corrected chi connectivity index (χ1v) is 9.88. The number of hydrogen-bond acceptors (Lipinski definition) is 6. The van der Waals surface area contributed by atoms with E-state index in [9.17, 15) is 27.1 Å². The second-order valence-corrected chi connectivity index (χ2v) is 8.03. The van der Waals surface area contributed by atoms with E-state index in [1.807, 2.05) is 19.0 Å². The second kappa shape index (κ2) is 7.84. The number of nitrogens with zero attached hydrogens (tertiary/aromatic N) is 6. The van der Waals surface area contributed by atoms with Gasteiger partial charge in [-0.25, -0.2) is 18.4 Å². The molecule has 3 heterocycles. The minimum atomic E-state index is -5.13. The van der Waals surface area contributed by atoms with Crippen molar-refractivity contribution in [2.45, 2.75) is 25.1 Å². The molecule has 1 unspecified atom stereocenters. The Bertz CT molecular complexity index is 1180. The predicted molar refractivity (Wildman–Crippen MR) is 107 cm³/mol. The van der Waals surface area contributed by atoms with Crippen LogP contribution in [0, 0.1) is 11.6 Å². The van der Waals surface area contributed by atoms with E-state index in [0.717, 1.165) is 19.4 Å². The van der Waals surface area contributed by atoms with Crippen LogP contribution in [-0.4, -0.2) is 63.0 Å². The third kappa shape index (κ3) is 3.72.